The minimum atomic E-state index is -0.174. The third kappa shape index (κ3) is 2.93. The lowest BCUT2D eigenvalue weighted by Gasteiger charge is -2.33. The molecule has 1 aromatic rings. The largest absolute Gasteiger partial charge is 0.299 e. The van der Waals surface area contributed by atoms with E-state index in [1.165, 1.54) is 12.5 Å². The molecule has 3 heteroatoms. The molecule has 0 radical (unpaired) electrons. The molecule has 20 heavy (non-hydrogen) atoms. The molecule has 0 amide bonds. The number of Topliss-reactive ketones (excluding diaryl/α,β-unsaturated/α-hetero) is 1. The van der Waals surface area contributed by atoms with Crippen molar-refractivity contribution in [1.82, 2.24) is 4.90 Å². The fourth-order valence-corrected chi connectivity index (χ4v) is 3.79. The predicted octanol–water partition coefficient (Wildman–Crippen LogP) is 3.55. The first-order valence-corrected chi connectivity index (χ1v) is 7.75. The number of hydrogen-bond donors (Lipinski definition) is 0. The molecule has 2 atom stereocenters. The molecule has 1 aromatic carbocycles. The SMILES string of the molecule is O=C1CCCCC1C1CCCN1Cc1cccc(F)c1. The highest BCUT2D eigenvalue weighted by atomic mass is 19.1. The summed E-state index contributed by atoms with van der Waals surface area (Å²) in [6.07, 6.45) is 6.32. The molecule has 0 bridgehead atoms. The Kier molecular flexibility index (Phi) is 4.16. The summed E-state index contributed by atoms with van der Waals surface area (Å²) in [5, 5.41) is 0. The summed E-state index contributed by atoms with van der Waals surface area (Å²) in [4.78, 5) is 14.5. The Labute approximate surface area is 120 Å². The molecule has 2 fully saturated rings. The van der Waals surface area contributed by atoms with Gasteiger partial charge < -0.3 is 0 Å². The maximum Gasteiger partial charge on any atom is 0.137 e. The van der Waals surface area contributed by atoms with E-state index in [2.05, 4.69) is 4.90 Å². The van der Waals surface area contributed by atoms with Gasteiger partial charge in [-0.25, -0.2) is 4.39 Å². The van der Waals surface area contributed by atoms with Crippen LogP contribution < -0.4 is 0 Å². The third-order valence-corrected chi connectivity index (χ3v) is 4.76. The standard InChI is InChI=1S/C17H22FNO/c18-14-6-3-5-13(11-14)12-19-10-4-8-16(19)15-7-1-2-9-17(15)20/h3,5-6,11,15-16H,1-2,4,7-10,12H2. The number of carbonyl (C=O) groups is 1. The van der Waals surface area contributed by atoms with Crippen molar-refractivity contribution >= 4 is 5.78 Å². The normalized spacial score (nSPS) is 27.9. The fourth-order valence-electron chi connectivity index (χ4n) is 3.79. The summed E-state index contributed by atoms with van der Waals surface area (Å²) >= 11 is 0. The Morgan fingerprint density at radius 1 is 1.20 bits per heavy atom. The number of benzene rings is 1. The zero-order valence-corrected chi connectivity index (χ0v) is 11.9. The molecule has 1 aliphatic carbocycles. The minimum absolute atomic E-state index is 0.174. The molecule has 0 spiro atoms. The van der Waals surface area contributed by atoms with Crippen LogP contribution in [0.4, 0.5) is 4.39 Å². The molecule has 2 unspecified atom stereocenters. The number of rotatable bonds is 3. The van der Waals surface area contributed by atoms with Crippen molar-refractivity contribution in [3.8, 4) is 0 Å². The van der Waals surface area contributed by atoms with Crippen molar-refractivity contribution in [3.63, 3.8) is 0 Å². The average Bonchev–Trinajstić information content (AvgIpc) is 2.87. The molecule has 1 saturated carbocycles. The molecule has 0 aromatic heterocycles. The number of likely N-dealkylation sites (tertiary alicyclic amines) is 1. The van der Waals surface area contributed by atoms with Crippen LogP contribution in [0.1, 0.15) is 44.1 Å². The molecule has 2 nitrogen and oxygen atoms in total. The average molecular weight is 275 g/mol. The molecule has 0 N–H and O–H groups in total. The smallest absolute Gasteiger partial charge is 0.137 e. The predicted molar refractivity (Wildman–Crippen MR) is 76.8 cm³/mol. The highest BCUT2D eigenvalue weighted by molar-refractivity contribution is 5.82. The second kappa shape index (κ2) is 6.04. The van der Waals surface area contributed by atoms with E-state index in [-0.39, 0.29) is 11.7 Å². The highest BCUT2D eigenvalue weighted by Crippen LogP contribution is 2.33. The van der Waals surface area contributed by atoms with Crippen LogP contribution in [0.15, 0.2) is 24.3 Å². The van der Waals surface area contributed by atoms with E-state index in [1.807, 2.05) is 6.07 Å². The van der Waals surface area contributed by atoms with Gasteiger partial charge in [0.2, 0.25) is 0 Å². The van der Waals surface area contributed by atoms with Gasteiger partial charge in [-0.1, -0.05) is 18.6 Å². The summed E-state index contributed by atoms with van der Waals surface area (Å²) in [5.41, 5.74) is 1.01. The lowest BCUT2D eigenvalue weighted by Crippen LogP contribution is -2.40. The maximum absolute atomic E-state index is 13.3. The first-order chi connectivity index (χ1) is 9.74. The van der Waals surface area contributed by atoms with Gasteiger partial charge in [0.15, 0.2) is 0 Å². The zero-order valence-electron chi connectivity index (χ0n) is 11.9. The van der Waals surface area contributed by atoms with E-state index in [0.29, 0.717) is 11.8 Å². The van der Waals surface area contributed by atoms with Crippen LogP contribution in [-0.4, -0.2) is 23.3 Å². The van der Waals surface area contributed by atoms with Crippen LogP contribution >= 0.6 is 0 Å². The number of carbonyl (C=O) groups excluding carboxylic acids is 1. The first-order valence-electron chi connectivity index (χ1n) is 7.75. The lowest BCUT2D eigenvalue weighted by atomic mass is 9.82. The topological polar surface area (TPSA) is 20.3 Å². The van der Waals surface area contributed by atoms with Crippen LogP contribution in [0, 0.1) is 11.7 Å². The Bertz CT molecular complexity index is 488. The van der Waals surface area contributed by atoms with Gasteiger partial charge in [0, 0.05) is 24.9 Å². The van der Waals surface area contributed by atoms with Crippen molar-refractivity contribution in [3.05, 3.63) is 35.6 Å². The second-order valence-electron chi connectivity index (χ2n) is 6.13. The second-order valence-corrected chi connectivity index (χ2v) is 6.13. The van der Waals surface area contributed by atoms with Crippen molar-refractivity contribution in [1.29, 1.82) is 0 Å². The molecular formula is C17H22FNO. The van der Waals surface area contributed by atoms with Crippen LogP contribution in [0.25, 0.3) is 0 Å². The van der Waals surface area contributed by atoms with Gasteiger partial charge in [-0.2, -0.15) is 0 Å². The molecule has 2 aliphatic rings. The van der Waals surface area contributed by atoms with Crippen LogP contribution in [0.5, 0.6) is 0 Å². The molecule has 1 heterocycles. The molecule has 3 rings (SSSR count). The quantitative estimate of drug-likeness (QED) is 0.841. The molecular weight excluding hydrogens is 253 g/mol. The monoisotopic (exact) mass is 275 g/mol. The third-order valence-electron chi connectivity index (χ3n) is 4.76. The van der Waals surface area contributed by atoms with Gasteiger partial charge in [0.1, 0.15) is 11.6 Å². The van der Waals surface area contributed by atoms with E-state index in [9.17, 15) is 9.18 Å². The van der Waals surface area contributed by atoms with Crippen LogP contribution in [0.2, 0.25) is 0 Å². The van der Waals surface area contributed by atoms with E-state index < -0.39 is 0 Å². The van der Waals surface area contributed by atoms with Crippen molar-refractivity contribution in [2.45, 2.75) is 51.1 Å². The van der Waals surface area contributed by atoms with Crippen molar-refractivity contribution < 1.29 is 9.18 Å². The molecule has 1 aliphatic heterocycles. The Morgan fingerprint density at radius 2 is 2.10 bits per heavy atom. The number of nitrogens with zero attached hydrogens (tertiary/aromatic N) is 1. The molecule has 1 saturated heterocycles. The van der Waals surface area contributed by atoms with Gasteiger partial charge in [-0.15, -0.1) is 0 Å². The van der Waals surface area contributed by atoms with Crippen LogP contribution in [0.3, 0.4) is 0 Å². The summed E-state index contributed by atoms with van der Waals surface area (Å²) in [7, 11) is 0. The summed E-state index contributed by atoms with van der Waals surface area (Å²) in [6, 6.07) is 7.21. The number of hydrogen-bond acceptors (Lipinski definition) is 2. The first kappa shape index (κ1) is 13.7. The van der Waals surface area contributed by atoms with Gasteiger partial charge in [0.05, 0.1) is 0 Å². The van der Waals surface area contributed by atoms with E-state index in [0.717, 1.165) is 50.8 Å². The van der Waals surface area contributed by atoms with Gasteiger partial charge in [-0.05, 0) is 49.9 Å². The lowest BCUT2D eigenvalue weighted by molar-refractivity contribution is -0.126. The maximum atomic E-state index is 13.3. The fraction of sp³-hybridized carbons (Fsp3) is 0.588. The van der Waals surface area contributed by atoms with Crippen LogP contribution in [-0.2, 0) is 11.3 Å². The zero-order chi connectivity index (χ0) is 13.9. The van der Waals surface area contributed by atoms with Gasteiger partial charge in [-0.3, -0.25) is 9.69 Å². The molecule has 108 valence electrons. The van der Waals surface area contributed by atoms with E-state index in [1.54, 1.807) is 12.1 Å². The summed E-state index contributed by atoms with van der Waals surface area (Å²) < 4.78 is 13.3. The van der Waals surface area contributed by atoms with Crippen molar-refractivity contribution in [2.24, 2.45) is 5.92 Å². The Balaban J connectivity index is 1.70. The van der Waals surface area contributed by atoms with Gasteiger partial charge in [0.25, 0.3) is 0 Å². The number of halogens is 1. The Hall–Kier alpha value is -1.22. The van der Waals surface area contributed by atoms with Gasteiger partial charge >= 0.3 is 0 Å². The highest BCUT2D eigenvalue weighted by Gasteiger charge is 2.36. The number of ketones is 1. The van der Waals surface area contributed by atoms with Crippen molar-refractivity contribution in [2.75, 3.05) is 6.54 Å². The van der Waals surface area contributed by atoms with E-state index >= 15 is 0 Å². The minimum Gasteiger partial charge on any atom is -0.299 e. The van der Waals surface area contributed by atoms with E-state index in [4.69, 9.17) is 0 Å². The summed E-state index contributed by atoms with van der Waals surface area (Å²) in [5.74, 6) is 0.499. The Morgan fingerprint density at radius 3 is 2.90 bits per heavy atom. The summed E-state index contributed by atoms with van der Waals surface area (Å²) in [6.45, 7) is 1.80.